The van der Waals surface area contributed by atoms with E-state index in [0.29, 0.717) is 17.5 Å². The molecule has 1 aliphatic rings. The summed E-state index contributed by atoms with van der Waals surface area (Å²) in [4.78, 5) is 24.5. The molecule has 9 rings (SSSR count). The second-order valence-corrected chi connectivity index (χ2v) is 11.9. The van der Waals surface area contributed by atoms with Gasteiger partial charge in [-0.2, -0.15) is 0 Å². The van der Waals surface area contributed by atoms with Gasteiger partial charge in [-0.15, -0.1) is 11.3 Å². The average Bonchev–Trinajstić information content (AvgIpc) is 3.68. The van der Waals surface area contributed by atoms with Crippen LogP contribution in [-0.4, -0.2) is 24.9 Å². The van der Waals surface area contributed by atoms with Gasteiger partial charge in [0.05, 0.1) is 11.4 Å². The summed E-state index contributed by atoms with van der Waals surface area (Å²) in [5.74, 6) is 1.98. The zero-order valence-electron chi connectivity index (χ0n) is 23.5. The van der Waals surface area contributed by atoms with Crippen LogP contribution in [0.2, 0.25) is 0 Å². The summed E-state index contributed by atoms with van der Waals surface area (Å²) in [7, 11) is 0. The zero-order chi connectivity index (χ0) is 29.0. The minimum absolute atomic E-state index is 0.657. The standard InChI is InChI=1S/C38H23N5S/c1-3-11-23(12-4-1)36-41-37(24-13-5-2-6-14-24)43-38(42-36)30-20-10-18-28-27-17-9-19-29(34(27)44-35(28)30)33-31-21-25-15-7-8-16-26(25)32(31)39-22-40-33/h1-20,22H,21H2. The molecule has 0 amide bonds. The maximum absolute atomic E-state index is 5.03. The minimum atomic E-state index is 0.657. The van der Waals surface area contributed by atoms with Crippen LogP contribution in [-0.2, 0) is 6.42 Å². The highest BCUT2D eigenvalue weighted by Crippen LogP contribution is 2.46. The smallest absolute Gasteiger partial charge is 0.165 e. The van der Waals surface area contributed by atoms with Gasteiger partial charge in [0.2, 0.25) is 0 Å². The van der Waals surface area contributed by atoms with E-state index < -0.39 is 0 Å². The third kappa shape index (κ3) is 3.96. The summed E-state index contributed by atoms with van der Waals surface area (Å²) < 4.78 is 2.35. The third-order valence-electron chi connectivity index (χ3n) is 8.30. The van der Waals surface area contributed by atoms with Crippen LogP contribution >= 0.6 is 11.3 Å². The monoisotopic (exact) mass is 581 g/mol. The van der Waals surface area contributed by atoms with Crippen molar-refractivity contribution in [1.82, 2.24) is 24.9 Å². The number of hydrogen-bond donors (Lipinski definition) is 0. The van der Waals surface area contributed by atoms with E-state index in [2.05, 4.69) is 60.7 Å². The van der Waals surface area contributed by atoms with Gasteiger partial charge in [0.25, 0.3) is 0 Å². The van der Waals surface area contributed by atoms with Crippen molar-refractivity contribution in [2.45, 2.75) is 6.42 Å². The van der Waals surface area contributed by atoms with Gasteiger partial charge < -0.3 is 0 Å². The van der Waals surface area contributed by atoms with Gasteiger partial charge in [-0.1, -0.05) is 115 Å². The van der Waals surface area contributed by atoms with E-state index in [1.807, 2.05) is 60.7 Å². The van der Waals surface area contributed by atoms with Crippen molar-refractivity contribution in [3.05, 3.63) is 139 Å². The van der Waals surface area contributed by atoms with Crippen LogP contribution in [0.5, 0.6) is 0 Å². The first-order valence-electron chi connectivity index (χ1n) is 14.6. The van der Waals surface area contributed by atoms with Gasteiger partial charge >= 0.3 is 0 Å². The third-order valence-corrected chi connectivity index (χ3v) is 9.59. The fourth-order valence-corrected chi connectivity index (χ4v) is 7.58. The molecule has 6 heteroatoms. The normalized spacial score (nSPS) is 12.0. The van der Waals surface area contributed by atoms with Crippen LogP contribution in [0.4, 0.5) is 0 Å². The predicted molar refractivity (Wildman–Crippen MR) is 178 cm³/mol. The van der Waals surface area contributed by atoms with Crippen molar-refractivity contribution in [3.63, 3.8) is 0 Å². The molecule has 0 aliphatic heterocycles. The first-order chi connectivity index (χ1) is 21.8. The van der Waals surface area contributed by atoms with E-state index in [1.54, 1.807) is 17.7 Å². The lowest BCUT2D eigenvalue weighted by atomic mass is 10.0. The summed E-state index contributed by atoms with van der Waals surface area (Å²) in [6, 6.07) is 41.7. The maximum Gasteiger partial charge on any atom is 0.165 e. The molecular weight excluding hydrogens is 559 g/mol. The van der Waals surface area contributed by atoms with Crippen LogP contribution in [0, 0.1) is 0 Å². The molecule has 0 bridgehead atoms. The second-order valence-electron chi connectivity index (χ2n) is 10.9. The van der Waals surface area contributed by atoms with Crippen molar-refractivity contribution in [2.24, 2.45) is 0 Å². The molecule has 206 valence electrons. The van der Waals surface area contributed by atoms with Crippen molar-refractivity contribution in [1.29, 1.82) is 0 Å². The fourth-order valence-electron chi connectivity index (χ4n) is 6.25. The Hall–Kier alpha value is -5.59. The molecular formula is C38H23N5S. The summed E-state index contributed by atoms with van der Waals surface area (Å²) in [5.41, 5.74) is 9.77. The molecule has 0 N–H and O–H groups in total. The molecule has 0 radical (unpaired) electrons. The van der Waals surface area contributed by atoms with Gasteiger partial charge in [0.15, 0.2) is 17.5 Å². The first kappa shape index (κ1) is 25.0. The Morgan fingerprint density at radius 2 is 0.977 bits per heavy atom. The molecule has 0 spiro atoms. The SMILES string of the molecule is c1ccc(-c2nc(-c3ccccc3)nc(-c3cccc4c3sc3c(-c5ncnc6c5Cc5ccccc5-6)cccc34)n2)cc1. The van der Waals surface area contributed by atoms with Crippen LogP contribution in [0.25, 0.3) is 76.9 Å². The summed E-state index contributed by atoms with van der Waals surface area (Å²) in [5, 5.41) is 2.38. The van der Waals surface area contributed by atoms with E-state index in [9.17, 15) is 0 Å². The molecule has 8 aromatic rings. The highest BCUT2D eigenvalue weighted by atomic mass is 32.1. The number of rotatable bonds is 4. The Kier molecular flexibility index (Phi) is 5.67. The predicted octanol–water partition coefficient (Wildman–Crippen LogP) is 9.27. The molecule has 1 aliphatic carbocycles. The minimum Gasteiger partial charge on any atom is -0.236 e. The Morgan fingerprint density at radius 1 is 0.455 bits per heavy atom. The molecule has 3 heterocycles. The quantitative estimate of drug-likeness (QED) is 0.207. The number of nitrogens with zero attached hydrogens (tertiary/aromatic N) is 5. The van der Waals surface area contributed by atoms with E-state index in [1.165, 1.54) is 32.2 Å². The van der Waals surface area contributed by atoms with Crippen molar-refractivity contribution in [3.8, 4) is 56.7 Å². The van der Waals surface area contributed by atoms with Crippen LogP contribution in [0.3, 0.4) is 0 Å². The van der Waals surface area contributed by atoms with Crippen LogP contribution < -0.4 is 0 Å². The maximum atomic E-state index is 5.03. The largest absolute Gasteiger partial charge is 0.236 e. The molecule has 0 unspecified atom stereocenters. The van der Waals surface area contributed by atoms with E-state index >= 15 is 0 Å². The van der Waals surface area contributed by atoms with Crippen LogP contribution in [0.15, 0.2) is 128 Å². The topological polar surface area (TPSA) is 64.5 Å². The van der Waals surface area contributed by atoms with Gasteiger partial charge in [-0.3, -0.25) is 0 Å². The van der Waals surface area contributed by atoms with Gasteiger partial charge in [-0.25, -0.2) is 24.9 Å². The molecule has 0 saturated carbocycles. The Balaban J connectivity index is 1.26. The van der Waals surface area contributed by atoms with Gasteiger partial charge in [0, 0.05) is 60.0 Å². The van der Waals surface area contributed by atoms with Crippen LogP contribution in [0.1, 0.15) is 11.1 Å². The Bertz CT molecular complexity index is 2310. The van der Waals surface area contributed by atoms with E-state index in [-0.39, 0.29) is 0 Å². The Labute approximate surface area is 257 Å². The second kappa shape index (κ2) is 10.0. The first-order valence-corrected chi connectivity index (χ1v) is 15.4. The average molecular weight is 582 g/mol. The number of thiophene rings is 1. The lowest BCUT2D eigenvalue weighted by molar-refractivity contribution is 1.08. The number of hydrogen-bond acceptors (Lipinski definition) is 6. The van der Waals surface area contributed by atoms with Gasteiger partial charge in [0.1, 0.15) is 6.33 Å². The molecule has 0 fully saturated rings. The van der Waals surface area contributed by atoms with Crippen molar-refractivity contribution in [2.75, 3.05) is 0 Å². The number of fused-ring (bicyclic) bond motifs is 6. The molecule has 44 heavy (non-hydrogen) atoms. The summed E-state index contributed by atoms with van der Waals surface area (Å²) >= 11 is 1.78. The highest BCUT2D eigenvalue weighted by molar-refractivity contribution is 7.26. The summed E-state index contributed by atoms with van der Waals surface area (Å²) in [6.07, 6.45) is 2.54. The van der Waals surface area contributed by atoms with Gasteiger partial charge in [-0.05, 0) is 11.6 Å². The molecule has 0 atom stereocenters. The zero-order valence-corrected chi connectivity index (χ0v) is 24.3. The molecule has 5 nitrogen and oxygen atoms in total. The lowest BCUT2D eigenvalue weighted by Gasteiger charge is -2.09. The molecule has 0 saturated heterocycles. The molecule has 3 aromatic heterocycles. The Morgan fingerprint density at radius 3 is 1.66 bits per heavy atom. The number of benzene rings is 5. The fraction of sp³-hybridized carbons (Fsp3) is 0.0263. The van der Waals surface area contributed by atoms with E-state index in [0.717, 1.165) is 44.8 Å². The van der Waals surface area contributed by atoms with Crippen molar-refractivity contribution < 1.29 is 0 Å². The summed E-state index contributed by atoms with van der Waals surface area (Å²) in [6.45, 7) is 0. The highest BCUT2D eigenvalue weighted by Gasteiger charge is 2.25. The van der Waals surface area contributed by atoms with Crippen molar-refractivity contribution >= 4 is 31.5 Å². The molecule has 5 aromatic carbocycles. The van der Waals surface area contributed by atoms with E-state index in [4.69, 9.17) is 24.9 Å². The lowest BCUT2D eigenvalue weighted by Crippen LogP contribution is -2.00. The number of aromatic nitrogens is 5.